The number of benzene rings is 6. The van der Waals surface area contributed by atoms with Crippen molar-refractivity contribution in [2.75, 3.05) is 88.5 Å². The lowest BCUT2D eigenvalue weighted by molar-refractivity contribution is 0.145. The SMILES string of the molecule is CCCN(CCC)CCOc1ccc(Cc2c(N3CCC(O)CC3)ccc3cc(O)ccc23)cc1-c1c(O)ccc2c(Cc3ccc(OCCN(CC)CC)cc3)c(N3CCC(O)CC3)ccc12. The molecule has 6 aromatic rings. The minimum absolute atomic E-state index is 0.192. The number of ether oxygens (including phenoxy) is 2. The van der Waals surface area contributed by atoms with Gasteiger partial charge in [-0.15, -0.1) is 0 Å². The molecule has 8 rings (SSSR count). The molecular weight excluding hydrogens is 849 g/mol. The maximum Gasteiger partial charge on any atom is 0.127 e. The van der Waals surface area contributed by atoms with Gasteiger partial charge >= 0.3 is 0 Å². The van der Waals surface area contributed by atoms with Gasteiger partial charge in [0.2, 0.25) is 0 Å². The van der Waals surface area contributed by atoms with Gasteiger partial charge in [-0.25, -0.2) is 0 Å². The lowest BCUT2D eigenvalue weighted by atomic mass is 9.88. The number of nitrogens with zero attached hydrogens (tertiary/aromatic N) is 4. The van der Waals surface area contributed by atoms with Gasteiger partial charge < -0.3 is 44.6 Å². The first-order valence-corrected chi connectivity index (χ1v) is 25.5. The van der Waals surface area contributed by atoms with Crippen molar-refractivity contribution in [1.82, 2.24) is 9.80 Å². The van der Waals surface area contributed by atoms with E-state index in [1.165, 1.54) is 11.1 Å². The summed E-state index contributed by atoms with van der Waals surface area (Å²) in [7, 11) is 0. The summed E-state index contributed by atoms with van der Waals surface area (Å²) in [6, 6.07) is 33.1. The third-order valence-electron chi connectivity index (χ3n) is 14.3. The van der Waals surface area contributed by atoms with E-state index < -0.39 is 0 Å². The third kappa shape index (κ3) is 11.7. The predicted molar refractivity (Wildman–Crippen MR) is 279 cm³/mol. The number of fused-ring (bicyclic) bond motifs is 2. The fourth-order valence-corrected chi connectivity index (χ4v) is 10.5. The molecule has 0 radical (unpaired) electrons. The lowest BCUT2D eigenvalue weighted by Gasteiger charge is -2.33. The number of likely N-dealkylation sites (N-methyl/N-ethyl adjacent to an activating group) is 1. The average molecular weight is 923 g/mol. The molecule has 2 aliphatic heterocycles. The van der Waals surface area contributed by atoms with E-state index in [1.54, 1.807) is 6.07 Å². The van der Waals surface area contributed by atoms with E-state index in [9.17, 15) is 20.4 Å². The highest BCUT2D eigenvalue weighted by Crippen LogP contribution is 2.45. The quantitative estimate of drug-likeness (QED) is 0.0557. The average Bonchev–Trinajstić information content (AvgIpc) is 3.34. The number of aliphatic hydroxyl groups is 2. The van der Waals surface area contributed by atoms with Crippen LogP contribution in [0.25, 0.3) is 32.7 Å². The predicted octanol–water partition coefficient (Wildman–Crippen LogP) is 10.4. The van der Waals surface area contributed by atoms with E-state index in [-0.39, 0.29) is 23.7 Å². The van der Waals surface area contributed by atoms with Crippen molar-refractivity contribution in [2.24, 2.45) is 0 Å². The Morgan fingerprint density at radius 2 is 1.10 bits per heavy atom. The highest BCUT2D eigenvalue weighted by molar-refractivity contribution is 6.04. The molecule has 0 unspecified atom stereocenters. The summed E-state index contributed by atoms with van der Waals surface area (Å²) in [4.78, 5) is 9.62. The monoisotopic (exact) mass is 923 g/mol. The molecule has 10 heteroatoms. The van der Waals surface area contributed by atoms with Crippen LogP contribution in [0.2, 0.25) is 0 Å². The summed E-state index contributed by atoms with van der Waals surface area (Å²) in [5.41, 5.74) is 8.45. The van der Waals surface area contributed by atoms with Crippen LogP contribution in [-0.4, -0.2) is 121 Å². The number of hydrogen-bond donors (Lipinski definition) is 4. The maximum atomic E-state index is 12.1. The number of rotatable bonds is 21. The minimum Gasteiger partial charge on any atom is -0.508 e. The molecular formula is C58H74N4O6. The van der Waals surface area contributed by atoms with Crippen molar-refractivity contribution < 1.29 is 29.9 Å². The van der Waals surface area contributed by atoms with E-state index >= 15 is 0 Å². The maximum absolute atomic E-state index is 12.1. The van der Waals surface area contributed by atoms with Crippen molar-refractivity contribution in [2.45, 2.75) is 91.3 Å². The van der Waals surface area contributed by atoms with Crippen LogP contribution in [0.1, 0.15) is 88.5 Å². The van der Waals surface area contributed by atoms with Gasteiger partial charge in [0.05, 0.1) is 12.2 Å². The van der Waals surface area contributed by atoms with Gasteiger partial charge in [0.15, 0.2) is 0 Å². The van der Waals surface area contributed by atoms with Gasteiger partial charge in [-0.1, -0.05) is 70.2 Å². The summed E-state index contributed by atoms with van der Waals surface area (Å²) < 4.78 is 13.0. The first-order chi connectivity index (χ1) is 33.2. The van der Waals surface area contributed by atoms with Crippen LogP contribution in [0.4, 0.5) is 11.4 Å². The molecule has 2 heterocycles. The van der Waals surface area contributed by atoms with E-state index in [0.717, 1.165) is 171 Å². The molecule has 362 valence electrons. The summed E-state index contributed by atoms with van der Waals surface area (Å²) in [6.45, 7) is 18.7. The molecule has 0 amide bonds. The fourth-order valence-electron chi connectivity index (χ4n) is 10.5. The lowest BCUT2D eigenvalue weighted by Crippen LogP contribution is -2.36. The fraction of sp³-hybridized carbons (Fsp3) is 0.448. The highest BCUT2D eigenvalue weighted by atomic mass is 16.5. The number of aliphatic hydroxyl groups excluding tert-OH is 2. The number of aromatic hydroxyl groups is 2. The molecule has 2 fully saturated rings. The van der Waals surface area contributed by atoms with Crippen LogP contribution in [0.5, 0.6) is 23.0 Å². The summed E-state index contributed by atoms with van der Waals surface area (Å²) in [6.07, 6.45) is 5.75. The molecule has 6 aromatic carbocycles. The van der Waals surface area contributed by atoms with Crippen LogP contribution in [0.15, 0.2) is 97.1 Å². The molecule has 4 N–H and O–H groups in total. The van der Waals surface area contributed by atoms with Gasteiger partial charge in [0.1, 0.15) is 36.2 Å². The number of anilines is 2. The smallest absolute Gasteiger partial charge is 0.127 e. The minimum atomic E-state index is -0.292. The van der Waals surface area contributed by atoms with Gasteiger partial charge in [-0.3, -0.25) is 4.90 Å². The van der Waals surface area contributed by atoms with Crippen molar-refractivity contribution >= 4 is 32.9 Å². The van der Waals surface area contributed by atoms with Crippen molar-refractivity contribution in [1.29, 1.82) is 0 Å². The first kappa shape index (κ1) is 48.9. The zero-order valence-electron chi connectivity index (χ0n) is 40.9. The Kier molecular flexibility index (Phi) is 16.7. The molecule has 68 heavy (non-hydrogen) atoms. The van der Waals surface area contributed by atoms with E-state index in [4.69, 9.17) is 9.47 Å². The summed E-state index contributed by atoms with van der Waals surface area (Å²) in [5.74, 6) is 2.01. The van der Waals surface area contributed by atoms with Crippen molar-refractivity contribution in [3.8, 4) is 34.1 Å². The number of piperidine rings is 2. The first-order valence-electron chi connectivity index (χ1n) is 25.5. The molecule has 0 aliphatic carbocycles. The molecule has 0 saturated carbocycles. The summed E-state index contributed by atoms with van der Waals surface area (Å²) in [5, 5.41) is 47.7. The van der Waals surface area contributed by atoms with Crippen LogP contribution < -0.4 is 19.3 Å². The van der Waals surface area contributed by atoms with E-state index in [2.05, 4.69) is 120 Å². The van der Waals surface area contributed by atoms with Gasteiger partial charge in [-0.2, -0.15) is 0 Å². The van der Waals surface area contributed by atoms with Crippen molar-refractivity contribution in [3.05, 3.63) is 119 Å². The second-order valence-corrected chi connectivity index (χ2v) is 18.9. The Morgan fingerprint density at radius 1 is 0.544 bits per heavy atom. The molecule has 2 aliphatic rings. The number of hydrogen-bond acceptors (Lipinski definition) is 10. The van der Waals surface area contributed by atoms with Gasteiger partial charge in [0, 0.05) is 74.6 Å². The zero-order chi connectivity index (χ0) is 47.6. The Hall–Kier alpha value is -5.52. The van der Waals surface area contributed by atoms with Crippen LogP contribution >= 0.6 is 0 Å². The summed E-state index contributed by atoms with van der Waals surface area (Å²) >= 11 is 0. The molecule has 0 spiro atoms. The second kappa shape index (κ2) is 23.2. The standard InChI is InChI=1S/C58H74N4O6/c1-5-27-60(28-6-2)34-36-68-57-22-11-42(38-51-48-16-13-46(65)40-43(48)12-19-54(51)61-29-23-44(63)24-30-61)39-53(57)58-50-17-20-55(62-31-25-45(64)26-32-62)52(49(50)18-21-56(58)66)37-41-9-14-47(15-10-41)67-35-33-59(7-3)8-4/h9-22,39-40,44-45,63-66H,5-8,23-38H2,1-4H3. The molecule has 2 saturated heterocycles. The Labute approximate surface area is 404 Å². The van der Waals surface area contributed by atoms with Crippen LogP contribution in [0, 0.1) is 0 Å². The number of phenols is 2. The van der Waals surface area contributed by atoms with E-state index in [0.29, 0.717) is 26.1 Å². The molecule has 0 bridgehead atoms. The highest BCUT2D eigenvalue weighted by Gasteiger charge is 2.25. The topological polar surface area (TPSA) is 112 Å². The van der Waals surface area contributed by atoms with Crippen LogP contribution in [0.3, 0.4) is 0 Å². The van der Waals surface area contributed by atoms with Gasteiger partial charge in [-0.05, 0) is 163 Å². The Morgan fingerprint density at radius 3 is 1.75 bits per heavy atom. The van der Waals surface area contributed by atoms with Crippen LogP contribution in [-0.2, 0) is 12.8 Å². The van der Waals surface area contributed by atoms with Crippen molar-refractivity contribution in [3.63, 3.8) is 0 Å². The zero-order valence-corrected chi connectivity index (χ0v) is 40.9. The molecule has 0 aromatic heterocycles. The van der Waals surface area contributed by atoms with E-state index in [1.807, 2.05) is 18.2 Å². The molecule has 0 atom stereocenters. The molecule has 10 nitrogen and oxygen atoms in total. The van der Waals surface area contributed by atoms with Gasteiger partial charge in [0.25, 0.3) is 0 Å². The normalized spacial score (nSPS) is 15.1. The largest absolute Gasteiger partial charge is 0.508 e. The Balaban J connectivity index is 1.22. The number of phenolic OH excluding ortho intramolecular Hbond substituents is 2. The Bertz CT molecular complexity index is 2570. The second-order valence-electron chi connectivity index (χ2n) is 18.9. The third-order valence-corrected chi connectivity index (χ3v) is 14.3.